The number of benzene rings is 1. The molecule has 3 aromatic rings. The van der Waals surface area contributed by atoms with Crippen LogP contribution in [0.3, 0.4) is 0 Å². The number of oxime groups is 1. The van der Waals surface area contributed by atoms with Gasteiger partial charge in [-0.2, -0.15) is 4.57 Å². The Morgan fingerprint density at radius 1 is 1.16 bits per heavy atom. The lowest BCUT2D eigenvalue weighted by Crippen LogP contribution is -2.71. The van der Waals surface area contributed by atoms with E-state index in [1.54, 1.807) is 46.1 Å². The van der Waals surface area contributed by atoms with Crippen LogP contribution in [0.2, 0.25) is 0 Å². The number of carboxylic acid groups (broad SMARTS) is 1. The number of thioether (sulfide) groups is 1. The average Bonchev–Trinajstić information content (AvgIpc) is 3.67. The molecule has 258 valence electrons. The van der Waals surface area contributed by atoms with Gasteiger partial charge in [-0.1, -0.05) is 17.3 Å². The van der Waals surface area contributed by atoms with E-state index in [-0.39, 0.29) is 52.9 Å². The van der Waals surface area contributed by atoms with Gasteiger partial charge in [0.05, 0.1) is 0 Å². The molecule has 0 saturated carbocycles. The van der Waals surface area contributed by atoms with Crippen LogP contribution >= 0.6 is 23.1 Å². The Morgan fingerprint density at radius 2 is 1.94 bits per heavy atom. The van der Waals surface area contributed by atoms with Gasteiger partial charge in [-0.25, -0.2) is 9.78 Å². The van der Waals surface area contributed by atoms with Crippen LogP contribution in [-0.4, -0.2) is 89.2 Å². The number of hydrogen-bond acceptors (Lipinski definition) is 12. The summed E-state index contributed by atoms with van der Waals surface area (Å²) in [5.41, 5.74) is 7.26. The van der Waals surface area contributed by atoms with Crippen molar-refractivity contribution in [3.05, 3.63) is 93.9 Å². The zero-order valence-electron chi connectivity index (χ0n) is 26.2. The fraction of sp³-hybridized carbons (Fsp3) is 0.250. The summed E-state index contributed by atoms with van der Waals surface area (Å²) in [5, 5.41) is 38.2. The SMILES string of the molecule is Nc1nc(/C(=N/O)C(=O)N[C@@H]2C(=O)N3C(C(=O)O)=C(C=C4CCN(Cc5cc[n+](CC(=O)NCc6cccc(O)c6)cc5)C4=O)CS[C@H]23)cs1. The molecule has 2 saturated heterocycles. The summed E-state index contributed by atoms with van der Waals surface area (Å²) in [6, 6.07) is 9.19. The van der Waals surface area contributed by atoms with Crippen molar-refractivity contribution in [2.45, 2.75) is 37.5 Å². The smallest absolute Gasteiger partial charge is 0.352 e. The first kappa shape index (κ1) is 34.1. The van der Waals surface area contributed by atoms with E-state index in [1.807, 2.05) is 12.1 Å². The summed E-state index contributed by atoms with van der Waals surface area (Å²) in [6.07, 6.45) is 5.40. The molecule has 2 fully saturated rings. The predicted molar refractivity (Wildman–Crippen MR) is 179 cm³/mol. The number of fused-ring (bicyclic) bond motifs is 1. The van der Waals surface area contributed by atoms with Gasteiger partial charge >= 0.3 is 5.97 Å². The van der Waals surface area contributed by atoms with Gasteiger partial charge in [-0.15, -0.1) is 23.1 Å². The lowest BCUT2D eigenvalue weighted by atomic mass is 10.0. The van der Waals surface area contributed by atoms with Crippen molar-refractivity contribution in [2.24, 2.45) is 5.16 Å². The van der Waals surface area contributed by atoms with Crippen LogP contribution in [0.1, 0.15) is 23.2 Å². The number of nitrogens with one attached hydrogen (secondary N) is 2. The molecule has 50 heavy (non-hydrogen) atoms. The summed E-state index contributed by atoms with van der Waals surface area (Å²) in [4.78, 5) is 70.6. The van der Waals surface area contributed by atoms with E-state index in [2.05, 4.69) is 20.8 Å². The largest absolute Gasteiger partial charge is 0.508 e. The number of aromatic nitrogens is 2. The number of carbonyl (C=O) groups is 5. The molecule has 16 nitrogen and oxygen atoms in total. The molecule has 0 spiro atoms. The normalized spacial score (nSPS) is 19.8. The van der Waals surface area contributed by atoms with Crippen LogP contribution in [0.25, 0.3) is 0 Å². The van der Waals surface area contributed by atoms with Gasteiger partial charge in [0.25, 0.3) is 17.7 Å². The molecule has 2 aromatic heterocycles. The van der Waals surface area contributed by atoms with E-state index in [0.717, 1.165) is 27.4 Å². The molecule has 1 aromatic carbocycles. The molecule has 0 unspecified atom stereocenters. The van der Waals surface area contributed by atoms with E-state index in [9.17, 15) is 39.4 Å². The van der Waals surface area contributed by atoms with Crippen LogP contribution in [0, 0.1) is 0 Å². The molecular weight excluding hydrogens is 689 g/mol. The number of carbonyl (C=O) groups excluding carboxylic acids is 4. The average molecular weight is 720 g/mol. The number of aliphatic carboxylic acids is 1. The molecule has 2 atom stereocenters. The van der Waals surface area contributed by atoms with Gasteiger partial charge in [0.15, 0.2) is 23.2 Å². The molecule has 0 radical (unpaired) electrons. The van der Waals surface area contributed by atoms with Crippen LogP contribution < -0.4 is 20.9 Å². The van der Waals surface area contributed by atoms with Gasteiger partial charge in [0.1, 0.15) is 28.6 Å². The number of likely N-dealkylation sites (tertiary alicyclic amines) is 1. The predicted octanol–water partition coefficient (Wildman–Crippen LogP) is 0.311. The Kier molecular flexibility index (Phi) is 9.82. The van der Waals surface area contributed by atoms with Crippen LogP contribution in [0.4, 0.5) is 5.13 Å². The van der Waals surface area contributed by atoms with E-state index in [0.29, 0.717) is 30.7 Å². The maximum atomic E-state index is 13.3. The molecule has 5 heterocycles. The number of rotatable bonds is 11. The lowest BCUT2D eigenvalue weighted by molar-refractivity contribution is -0.684. The van der Waals surface area contributed by atoms with Gasteiger partial charge in [0, 0.05) is 48.5 Å². The Labute approximate surface area is 292 Å². The van der Waals surface area contributed by atoms with E-state index in [1.165, 1.54) is 23.2 Å². The molecule has 7 N–H and O–H groups in total. The highest BCUT2D eigenvalue weighted by Crippen LogP contribution is 2.41. The molecule has 18 heteroatoms. The molecule has 3 aliphatic heterocycles. The first-order valence-electron chi connectivity index (χ1n) is 15.2. The first-order chi connectivity index (χ1) is 24.0. The highest BCUT2D eigenvalue weighted by molar-refractivity contribution is 8.00. The summed E-state index contributed by atoms with van der Waals surface area (Å²) in [7, 11) is 0. The topological polar surface area (TPSA) is 232 Å². The molecule has 3 aliphatic rings. The number of amides is 4. The van der Waals surface area contributed by atoms with Crippen molar-refractivity contribution in [3.63, 3.8) is 0 Å². The number of phenolic OH excluding ortho intramolecular Hbond substituents is 1. The van der Waals surface area contributed by atoms with Gasteiger partial charge in [0.2, 0.25) is 12.5 Å². The van der Waals surface area contributed by atoms with Gasteiger partial charge < -0.3 is 36.7 Å². The van der Waals surface area contributed by atoms with Gasteiger partial charge in [-0.05, 0) is 41.3 Å². The minimum Gasteiger partial charge on any atom is -0.508 e. The van der Waals surface area contributed by atoms with Gasteiger partial charge in [-0.3, -0.25) is 24.1 Å². The number of thiazole rings is 1. The number of hydrogen-bond donors (Lipinski definition) is 6. The number of allylic oxidation sites excluding steroid dienone is 1. The number of carboxylic acids is 1. The minimum atomic E-state index is -1.34. The third-order valence-corrected chi connectivity index (χ3v) is 10.2. The summed E-state index contributed by atoms with van der Waals surface area (Å²) in [5.74, 6) is -3.04. The van der Waals surface area contributed by atoms with E-state index in [4.69, 9.17) is 5.73 Å². The minimum absolute atomic E-state index is 0.0292. The summed E-state index contributed by atoms with van der Waals surface area (Å²) >= 11 is 2.27. The lowest BCUT2D eigenvalue weighted by Gasteiger charge is -2.49. The standard InChI is InChI=1S/C32H30N8O8S2/c33-32-35-22(16-50-32)24(37-48)27(43)36-25-29(45)40-26(31(46)47)20(15-49-30(25)40)11-19-6-9-39(28(19)44)13-17-4-7-38(8-5-17)14-23(42)34-12-18-2-1-3-21(41)10-18/h1-5,7-8,10-11,16,25,30H,6,9,12-15H2,(H6-,33,34,35,36,41,42,43,46,47,48)/p+1/t25-,30-/m1/s1. The first-order valence-corrected chi connectivity index (χ1v) is 17.1. The Morgan fingerprint density at radius 3 is 2.62 bits per heavy atom. The van der Waals surface area contributed by atoms with Crippen LogP contribution in [0.5, 0.6) is 5.75 Å². The maximum Gasteiger partial charge on any atom is 0.352 e. The fourth-order valence-electron chi connectivity index (χ4n) is 5.74. The quantitative estimate of drug-likeness (QED) is 0.0394. The number of nitrogen functional groups attached to an aromatic ring is 1. The van der Waals surface area contributed by atoms with Crippen LogP contribution in [-0.2, 0) is 43.6 Å². The van der Waals surface area contributed by atoms with Crippen molar-refractivity contribution in [3.8, 4) is 5.75 Å². The number of phenols is 1. The van der Waals surface area contributed by atoms with Crippen molar-refractivity contribution in [1.82, 2.24) is 25.4 Å². The Balaban J connectivity index is 1.06. The van der Waals surface area contributed by atoms with Crippen molar-refractivity contribution in [1.29, 1.82) is 0 Å². The molecule has 6 rings (SSSR count). The Bertz CT molecular complexity index is 1980. The monoisotopic (exact) mass is 719 g/mol. The van der Waals surface area contributed by atoms with Crippen molar-refractivity contribution < 1.29 is 44.0 Å². The highest BCUT2D eigenvalue weighted by atomic mass is 32.2. The zero-order valence-corrected chi connectivity index (χ0v) is 27.8. The summed E-state index contributed by atoms with van der Waals surface area (Å²) in [6.45, 7) is 1.09. The number of pyridine rings is 1. The number of aromatic hydroxyl groups is 1. The number of nitrogens with zero attached hydrogens (tertiary/aromatic N) is 5. The molecule has 0 aliphatic carbocycles. The maximum absolute atomic E-state index is 13.3. The highest BCUT2D eigenvalue weighted by Gasteiger charge is 2.54. The molecule has 0 bridgehead atoms. The fourth-order valence-corrected chi connectivity index (χ4v) is 7.60. The van der Waals surface area contributed by atoms with E-state index >= 15 is 0 Å². The third-order valence-electron chi connectivity index (χ3n) is 8.19. The van der Waals surface area contributed by atoms with Crippen LogP contribution in [0.15, 0.2) is 82.2 Å². The number of anilines is 1. The molecule has 4 amide bonds. The second-order valence-electron chi connectivity index (χ2n) is 11.5. The second-order valence-corrected chi connectivity index (χ2v) is 13.5. The van der Waals surface area contributed by atoms with Crippen molar-refractivity contribution >= 4 is 63.5 Å². The third kappa shape index (κ3) is 7.15. The number of nitrogens with two attached hydrogens (primary N) is 1. The van der Waals surface area contributed by atoms with E-state index < -0.39 is 34.9 Å². The zero-order chi connectivity index (χ0) is 35.5. The summed E-state index contributed by atoms with van der Waals surface area (Å²) < 4.78 is 1.70. The number of β-lactam (4-membered cyclic amide) rings is 1. The Hall–Kier alpha value is -5.75. The van der Waals surface area contributed by atoms with Crippen molar-refractivity contribution in [2.75, 3.05) is 18.0 Å². The molecular formula is C32H31N8O8S2+. The second kappa shape index (κ2) is 14.4.